The molecular weight excluding hydrogens is 342 g/mol. The lowest BCUT2D eigenvalue weighted by Crippen LogP contribution is -2.30. The summed E-state index contributed by atoms with van der Waals surface area (Å²) in [5, 5.41) is 3.00. The van der Waals surface area contributed by atoms with E-state index in [1.807, 2.05) is 32.0 Å². The number of anilines is 1. The minimum atomic E-state index is -0.737. The highest BCUT2D eigenvalue weighted by atomic mass is 35.5. The van der Waals surface area contributed by atoms with Gasteiger partial charge in [0.1, 0.15) is 5.75 Å². The summed E-state index contributed by atoms with van der Waals surface area (Å²) in [5.74, 6) is -0.238. The summed E-state index contributed by atoms with van der Waals surface area (Å²) in [5.41, 5.74) is 2.69. The van der Waals surface area contributed by atoms with Gasteiger partial charge in [-0.3, -0.25) is 4.79 Å². The van der Waals surface area contributed by atoms with Crippen LogP contribution in [0.15, 0.2) is 36.4 Å². The second-order valence-electron chi connectivity index (χ2n) is 5.70. The number of amides is 1. The normalized spacial score (nSPS) is 11.6. The van der Waals surface area contributed by atoms with Crippen LogP contribution in [0, 0.1) is 13.8 Å². The molecule has 0 fully saturated rings. The van der Waals surface area contributed by atoms with Gasteiger partial charge in [0.2, 0.25) is 0 Å². The first-order chi connectivity index (χ1) is 11.8. The summed E-state index contributed by atoms with van der Waals surface area (Å²) in [6.07, 6.45) is -0.737. The molecule has 2 aromatic rings. The Balaban J connectivity index is 2.12. The van der Waals surface area contributed by atoms with Crippen LogP contribution >= 0.6 is 11.6 Å². The lowest BCUT2D eigenvalue weighted by atomic mass is 10.1. The number of hydrogen-bond acceptors (Lipinski definition) is 4. The molecule has 1 amide bonds. The predicted octanol–water partition coefficient (Wildman–Crippen LogP) is 4.15. The zero-order valence-electron chi connectivity index (χ0n) is 14.6. The number of carbonyl (C=O) groups excluding carboxylic acids is 2. The quantitative estimate of drug-likeness (QED) is 0.812. The molecular formula is C19H20ClNO4. The van der Waals surface area contributed by atoms with Gasteiger partial charge < -0.3 is 14.8 Å². The van der Waals surface area contributed by atoms with Gasteiger partial charge >= 0.3 is 5.97 Å². The van der Waals surface area contributed by atoms with Gasteiger partial charge in [-0.05, 0) is 50.6 Å². The van der Waals surface area contributed by atoms with E-state index in [2.05, 4.69) is 10.1 Å². The van der Waals surface area contributed by atoms with Crippen LogP contribution < -0.4 is 10.1 Å². The maximum absolute atomic E-state index is 12.4. The van der Waals surface area contributed by atoms with Gasteiger partial charge in [0.15, 0.2) is 6.10 Å². The number of aryl methyl sites for hydroxylation is 2. The molecule has 132 valence electrons. The van der Waals surface area contributed by atoms with Crippen molar-refractivity contribution in [2.45, 2.75) is 26.9 Å². The monoisotopic (exact) mass is 361 g/mol. The summed E-state index contributed by atoms with van der Waals surface area (Å²) in [7, 11) is 1.29. The molecule has 0 saturated carbocycles. The third-order valence-corrected chi connectivity index (χ3v) is 3.98. The van der Waals surface area contributed by atoms with Crippen LogP contribution in [0.4, 0.5) is 5.69 Å². The van der Waals surface area contributed by atoms with E-state index in [1.165, 1.54) is 25.3 Å². The molecule has 25 heavy (non-hydrogen) atoms. The highest BCUT2D eigenvalue weighted by Gasteiger charge is 2.18. The average Bonchev–Trinajstić information content (AvgIpc) is 2.58. The first kappa shape index (κ1) is 18.8. The van der Waals surface area contributed by atoms with Crippen molar-refractivity contribution in [3.05, 3.63) is 58.1 Å². The lowest BCUT2D eigenvalue weighted by molar-refractivity contribution is -0.122. The molecule has 0 heterocycles. The topological polar surface area (TPSA) is 64.6 Å². The molecule has 2 aromatic carbocycles. The van der Waals surface area contributed by atoms with Gasteiger partial charge in [0.05, 0.1) is 23.4 Å². The standard InChI is InChI=1S/C19H20ClNO4/c1-11-5-8-17(12(2)9-11)25-13(3)18(22)21-16-10-14(19(23)24-4)6-7-15(16)20/h5-10,13H,1-4H3,(H,21,22)/t13-/m0/s1. The van der Waals surface area contributed by atoms with Crippen LogP contribution in [0.25, 0.3) is 0 Å². The number of esters is 1. The van der Waals surface area contributed by atoms with Crippen molar-refractivity contribution in [3.63, 3.8) is 0 Å². The number of benzene rings is 2. The third kappa shape index (κ3) is 4.73. The fraction of sp³-hybridized carbons (Fsp3) is 0.263. The Labute approximate surface area is 151 Å². The molecule has 0 aliphatic heterocycles. The van der Waals surface area contributed by atoms with Gasteiger partial charge in [-0.2, -0.15) is 0 Å². The van der Waals surface area contributed by atoms with E-state index in [0.29, 0.717) is 22.0 Å². The molecule has 0 bridgehead atoms. The predicted molar refractivity (Wildman–Crippen MR) is 97.4 cm³/mol. The molecule has 1 atom stereocenters. The number of rotatable bonds is 5. The van der Waals surface area contributed by atoms with Crippen molar-refractivity contribution in [1.29, 1.82) is 0 Å². The van der Waals surface area contributed by atoms with Crippen molar-refractivity contribution in [3.8, 4) is 5.75 Å². The Morgan fingerprint density at radius 1 is 1.12 bits per heavy atom. The Morgan fingerprint density at radius 3 is 2.48 bits per heavy atom. The molecule has 1 N–H and O–H groups in total. The maximum Gasteiger partial charge on any atom is 0.337 e. The third-order valence-electron chi connectivity index (χ3n) is 3.65. The van der Waals surface area contributed by atoms with Crippen LogP contribution in [0.3, 0.4) is 0 Å². The summed E-state index contributed by atoms with van der Waals surface area (Å²) in [6, 6.07) is 10.3. The van der Waals surface area contributed by atoms with E-state index < -0.39 is 12.1 Å². The fourth-order valence-electron chi connectivity index (χ4n) is 2.28. The van der Waals surface area contributed by atoms with Crippen LogP contribution in [0.1, 0.15) is 28.4 Å². The Hall–Kier alpha value is -2.53. The van der Waals surface area contributed by atoms with Crippen molar-refractivity contribution in [2.24, 2.45) is 0 Å². The van der Waals surface area contributed by atoms with Crippen LogP contribution in [0.2, 0.25) is 5.02 Å². The van der Waals surface area contributed by atoms with Crippen molar-refractivity contribution < 1.29 is 19.1 Å². The summed E-state index contributed by atoms with van der Waals surface area (Å²) in [6.45, 7) is 5.56. The Bertz CT molecular complexity index is 804. The first-order valence-corrected chi connectivity index (χ1v) is 8.12. The number of carbonyl (C=O) groups is 2. The molecule has 0 aliphatic rings. The fourth-order valence-corrected chi connectivity index (χ4v) is 2.44. The maximum atomic E-state index is 12.4. The smallest absolute Gasteiger partial charge is 0.337 e. The number of hydrogen-bond donors (Lipinski definition) is 1. The molecule has 0 radical (unpaired) electrons. The van der Waals surface area contributed by atoms with Crippen molar-refractivity contribution >= 4 is 29.2 Å². The van der Waals surface area contributed by atoms with Gasteiger partial charge in [0.25, 0.3) is 5.91 Å². The minimum absolute atomic E-state index is 0.296. The highest BCUT2D eigenvalue weighted by molar-refractivity contribution is 6.33. The summed E-state index contributed by atoms with van der Waals surface area (Å²) >= 11 is 6.09. The van der Waals surface area contributed by atoms with Crippen LogP contribution in [-0.2, 0) is 9.53 Å². The van der Waals surface area contributed by atoms with Crippen molar-refractivity contribution in [1.82, 2.24) is 0 Å². The summed E-state index contributed by atoms with van der Waals surface area (Å²) in [4.78, 5) is 24.0. The minimum Gasteiger partial charge on any atom is -0.481 e. The molecule has 6 heteroatoms. The van der Waals surface area contributed by atoms with Gasteiger partial charge in [-0.1, -0.05) is 29.3 Å². The van der Waals surface area contributed by atoms with Gasteiger partial charge in [-0.15, -0.1) is 0 Å². The molecule has 0 saturated heterocycles. The van der Waals surface area contributed by atoms with Gasteiger partial charge in [0, 0.05) is 0 Å². The molecule has 5 nitrogen and oxygen atoms in total. The van der Waals surface area contributed by atoms with Crippen molar-refractivity contribution in [2.75, 3.05) is 12.4 Å². The number of halogens is 1. The zero-order valence-corrected chi connectivity index (χ0v) is 15.3. The SMILES string of the molecule is COC(=O)c1ccc(Cl)c(NC(=O)[C@H](C)Oc2ccc(C)cc2C)c1. The van der Waals surface area contributed by atoms with E-state index in [4.69, 9.17) is 16.3 Å². The largest absolute Gasteiger partial charge is 0.481 e. The van der Waals surface area contributed by atoms with Crippen LogP contribution in [-0.4, -0.2) is 25.1 Å². The van der Waals surface area contributed by atoms with Gasteiger partial charge in [-0.25, -0.2) is 4.79 Å². The molecule has 0 spiro atoms. The number of methoxy groups -OCH3 is 1. The number of nitrogens with one attached hydrogen (secondary N) is 1. The number of ether oxygens (including phenoxy) is 2. The molecule has 0 aliphatic carbocycles. The van der Waals surface area contributed by atoms with E-state index in [-0.39, 0.29) is 5.91 Å². The van der Waals surface area contributed by atoms with E-state index in [0.717, 1.165) is 11.1 Å². The van der Waals surface area contributed by atoms with E-state index >= 15 is 0 Å². The molecule has 2 rings (SSSR count). The second kappa shape index (κ2) is 8.03. The Morgan fingerprint density at radius 2 is 1.84 bits per heavy atom. The lowest BCUT2D eigenvalue weighted by Gasteiger charge is -2.17. The van der Waals surface area contributed by atoms with Crippen LogP contribution in [0.5, 0.6) is 5.75 Å². The summed E-state index contributed by atoms with van der Waals surface area (Å²) < 4.78 is 10.4. The van der Waals surface area contributed by atoms with E-state index in [9.17, 15) is 9.59 Å². The zero-order chi connectivity index (χ0) is 18.6. The molecule has 0 unspecified atom stereocenters. The Kier molecular flexibility index (Phi) is 6.04. The first-order valence-electron chi connectivity index (χ1n) is 7.74. The van der Waals surface area contributed by atoms with E-state index in [1.54, 1.807) is 6.92 Å². The second-order valence-corrected chi connectivity index (χ2v) is 6.11. The molecule has 0 aromatic heterocycles. The highest BCUT2D eigenvalue weighted by Crippen LogP contribution is 2.25. The average molecular weight is 362 g/mol.